The summed E-state index contributed by atoms with van der Waals surface area (Å²) in [7, 11) is -4.61. The third-order valence-electron chi connectivity index (χ3n) is 11.8. The summed E-state index contributed by atoms with van der Waals surface area (Å²) in [6, 6.07) is 0. The van der Waals surface area contributed by atoms with Crippen molar-refractivity contribution in [1.82, 2.24) is 0 Å². The lowest BCUT2D eigenvalue weighted by molar-refractivity contribution is -0.161. The molecule has 0 aromatic rings. The van der Waals surface area contributed by atoms with Crippen molar-refractivity contribution in [3.8, 4) is 0 Å². The zero-order valence-corrected chi connectivity index (χ0v) is 40.8. The maximum absolute atomic E-state index is 12.7. The van der Waals surface area contributed by atoms with Crippen LogP contribution in [0.1, 0.15) is 271 Å². The quantitative estimate of drug-likeness (QED) is 0.0306. The molecule has 0 heterocycles. The van der Waals surface area contributed by atoms with E-state index in [1.165, 1.54) is 199 Å². The molecule has 0 saturated heterocycles. The summed E-state index contributed by atoms with van der Waals surface area (Å²) in [5, 5.41) is 18.4. The number of aliphatic hydroxyl groups is 2. The Bertz CT molecular complexity index is 982. The van der Waals surface area contributed by atoms with Gasteiger partial charge in [0.15, 0.2) is 6.10 Å². The molecule has 0 aromatic carbocycles. The van der Waals surface area contributed by atoms with E-state index < -0.39 is 51.8 Å². The van der Waals surface area contributed by atoms with Gasteiger partial charge in [0.2, 0.25) is 0 Å². The summed E-state index contributed by atoms with van der Waals surface area (Å²) < 4.78 is 32.9. The minimum absolute atomic E-state index is 0.193. The highest BCUT2D eigenvalue weighted by Gasteiger charge is 2.27. The minimum Gasteiger partial charge on any atom is -0.462 e. The number of rotatable bonds is 50. The highest BCUT2D eigenvalue weighted by atomic mass is 31.2. The van der Waals surface area contributed by atoms with E-state index in [0.29, 0.717) is 12.8 Å². The third-order valence-corrected chi connectivity index (χ3v) is 12.7. The van der Waals surface area contributed by atoms with Crippen molar-refractivity contribution in [3.05, 3.63) is 0 Å². The van der Waals surface area contributed by atoms with E-state index in [1.807, 2.05) is 0 Å². The summed E-state index contributed by atoms with van der Waals surface area (Å²) in [5.41, 5.74) is 0. The number of ether oxygens (including phenoxy) is 2. The second-order valence-electron chi connectivity index (χ2n) is 17.9. The molecule has 0 fully saturated rings. The van der Waals surface area contributed by atoms with E-state index in [2.05, 4.69) is 13.8 Å². The first-order valence-electron chi connectivity index (χ1n) is 26.0. The molecule has 0 saturated carbocycles. The third kappa shape index (κ3) is 46.8. The molecule has 0 amide bonds. The van der Waals surface area contributed by atoms with Gasteiger partial charge in [-0.1, -0.05) is 245 Å². The zero-order chi connectivity index (χ0) is 44.8. The molecule has 0 aromatic heterocycles. The van der Waals surface area contributed by atoms with Crippen LogP contribution in [-0.2, 0) is 32.7 Å². The lowest BCUT2D eigenvalue weighted by Crippen LogP contribution is -2.29. The molecule has 0 aliphatic heterocycles. The van der Waals surface area contributed by atoms with E-state index in [0.717, 1.165) is 32.1 Å². The van der Waals surface area contributed by atoms with Crippen molar-refractivity contribution >= 4 is 19.8 Å². The van der Waals surface area contributed by atoms with E-state index in [1.54, 1.807) is 0 Å². The summed E-state index contributed by atoms with van der Waals surface area (Å²) in [6.45, 7) is 2.45. The predicted molar refractivity (Wildman–Crippen MR) is 252 cm³/mol. The first-order chi connectivity index (χ1) is 29.7. The maximum Gasteiger partial charge on any atom is 0.472 e. The molecule has 0 radical (unpaired) electrons. The van der Waals surface area contributed by atoms with Gasteiger partial charge in [0.05, 0.1) is 19.8 Å². The van der Waals surface area contributed by atoms with Crippen molar-refractivity contribution in [2.75, 3.05) is 26.4 Å². The molecule has 3 atom stereocenters. The predicted octanol–water partition coefficient (Wildman–Crippen LogP) is 14.6. The van der Waals surface area contributed by atoms with Gasteiger partial charge in [0.1, 0.15) is 12.7 Å². The van der Waals surface area contributed by atoms with Gasteiger partial charge in [-0.25, -0.2) is 4.57 Å². The molecule has 0 aliphatic rings. The number of hydrogen-bond donors (Lipinski definition) is 3. The minimum atomic E-state index is -4.61. The standard InChI is InChI=1S/C50H99O10P/c1-3-5-7-9-11-13-15-17-19-21-22-23-24-25-26-28-30-32-34-36-38-40-42-50(54)60-48(46-59-61(55,56)58-44-47(52)43-51)45-57-49(53)41-39-37-35-33-31-29-27-20-18-16-14-12-10-8-6-4-2/h47-48,51-52H,3-46H2,1-2H3,(H,55,56)/t47-,48+/m0/s1. The van der Waals surface area contributed by atoms with Crippen molar-refractivity contribution in [3.63, 3.8) is 0 Å². The highest BCUT2D eigenvalue weighted by molar-refractivity contribution is 7.47. The Labute approximate surface area is 375 Å². The Morgan fingerprint density at radius 3 is 1.02 bits per heavy atom. The fourth-order valence-corrected chi connectivity index (χ4v) is 8.55. The lowest BCUT2D eigenvalue weighted by atomic mass is 10.0. The molecular weight excluding hydrogens is 792 g/mol. The van der Waals surface area contributed by atoms with Gasteiger partial charge in [-0.05, 0) is 12.8 Å². The second-order valence-corrected chi connectivity index (χ2v) is 19.4. The van der Waals surface area contributed by atoms with Crippen LogP contribution in [0.3, 0.4) is 0 Å². The second kappa shape index (κ2) is 46.9. The van der Waals surface area contributed by atoms with E-state index >= 15 is 0 Å². The Morgan fingerprint density at radius 1 is 0.426 bits per heavy atom. The smallest absolute Gasteiger partial charge is 0.462 e. The molecule has 0 spiro atoms. The van der Waals surface area contributed by atoms with Crippen LogP contribution in [0.4, 0.5) is 0 Å². The Hall–Kier alpha value is -1.03. The van der Waals surface area contributed by atoms with Crippen LogP contribution in [-0.4, -0.2) is 65.7 Å². The van der Waals surface area contributed by atoms with E-state index in [-0.39, 0.29) is 19.4 Å². The van der Waals surface area contributed by atoms with Gasteiger partial charge in [0.25, 0.3) is 0 Å². The van der Waals surface area contributed by atoms with Crippen molar-refractivity contribution < 1.29 is 47.8 Å². The van der Waals surface area contributed by atoms with Crippen LogP contribution in [0.25, 0.3) is 0 Å². The molecule has 0 aliphatic carbocycles. The Morgan fingerprint density at radius 2 is 0.705 bits per heavy atom. The van der Waals surface area contributed by atoms with Crippen LogP contribution in [0, 0.1) is 0 Å². The maximum atomic E-state index is 12.7. The van der Waals surface area contributed by atoms with E-state index in [4.69, 9.17) is 23.6 Å². The van der Waals surface area contributed by atoms with Gasteiger partial charge in [-0.3, -0.25) is 18.6 Å². The number of esters is 2. The van der Waals surface area contributed by atoms with Crippen LogP contribution >= 0.6 is 7.82 Å². The monoisotopic (exact) mass is 891 g/mol. The normalized spacial score (nSPS) is 13.6. The molecule has 61 heavy (non-hydrogen) atoms. The largest absolute Gasteiger partial charge is 0.472 e. The topological polar surface area (TPSA) is 149 Å². The average molecular weight is 891 g/mol. The summed E-state index contributed by atoms with van der Waals surface area (Å²) in [6.07, 6.45) is 46.4. The van der Waals surface area contributed by atoms with Crippen LogP contribution in [0.2, 0.25) is 0 Å². The van der Waals surface area contributed by atoms with Gasteiger partial charge in [0, 0.05) is 12.8 Å². The molecule has 0 rings (SSSR count). The fourth-order valence-electron chi connectivity index (χ4n) is 7.76. The lowest BCUT2D eigenvalue weighted by Gasteiger charge is -2.20. The first kappa shape index (κ1) is 60.0. The molecule has 1 unspecified atom stereocenters. The molecule has 364 valence electrons. The number of phosphoric acid groups is 1. The van der Waals surface area contributed by atoms with Crippen molar-refractivity contribution in [2.45, 2.75) is 283 Å². The van der Waals surface area contributed by atoms with Crippen LogP contribution in [0.5, 0.6) is 0 Å². The molecule has 11 heteroatoms. The Balaban J connectivity index is 4.10. The van der Waals surface area contributed by atoms with Gasteiger partial charge < -0.3 is 24.6 Å². The van der Waals surface area contributed by atoms with Gasteiger partial charge >= 0.3 is 19.8 Å². The summed E-state index contributed by atoms with van der Waals surface area (Å²) >= 11 is 0. The number of hydrogen-bond acceptors (Lipinski definition) is 9. The zero-order valence-electron chi connectivity index (χ0n) is 39.9. The van der Waals surface area contributed by atoms with Gasteiger partial charge in [-0.2, -0.15) is 0 Å². The fraction of sp³-hybridized carbons (Fsp3) is 0.960. The van der Waals surface area contributed by atoms with Crippen molar-refractivity contribution in [1.29, 1.82) is 0 Å². The van der Waals surface area contributed by atoms with Gasteiger partial charge in [-0.15, -0.1) is 0 Å². The van der Waals surface area contributed by atoms with E-state index in [9.17, 15) is 24.2 Å². The average Bonchev–Trinajstić information content (AvgIpc) is 3.25. The molecule has 3 N–H and O–H groups in total. The first-order valence-corrected chi connectivity index (χ1v) is 27.5. The number of unbranched alkanes of at least 4 members (excludes halogenated alkanes) is 36. The van der Waals surface area contributed by atoms with Crippen LogP contribution in [0.15, 0.2) is 0 Å². The molecular formula is C50H99O10P. The summed E-state index contributed by atoms with van der Waals surface area (Å²) in [5.74, 6) is -0.902. The highest BCUT2D eigenvalue weighted by Crippen LogP contribution is 2.43. The Kier molecular flexibility index (Phi) is 46.2. The summed E-state index contributed by atoms with van der Waals surface area (Å²) in [4.78, 5) is 35.2. The number of carbonyl (C=O) groups excluding carboxylic acids is 2. The van der Waals surface area contributed by atoms with Crippen molar-refractivity contribution in [2.24, 2.45) is 0 Å². The number of phosphoric ester groups is 1. The van der Waals surface area contributed by atoms with Crippen LogP contribution < -0.4 is 0 Å². The number of carbonyl (C=O) groups is 2. The SMILES string of the molecule is CCCCCCCCCCCCCCCCCCCCCCCCC(=O)O[C@H](COC(=O)CCCCCCCCCCCCCCCCCC)COP(=O)(O)OC[C@@H](O)CO. The molecule has 10 nitrogen and oxygen atoms in total. The number of aliphatic hydroxyl groups excluding tert-OH is 2. The molecule has 0 bridgehead atoms.